The van der Waals surface area contributed by atoms with Gasteiger partial charge in [-0.25, -0.2) is 0 Å². The summed E-state index contributed by atoms with van der Waals surface area (Å²) in [6.45, 7) is 8.00. The van der Waals surface area contributed by atoms with Gasteiger partial charge < -0.3 is 14.2 Å². The van der Waals surface area contributed by atoms with Crippen molar-refractivity contribution in [3.8, 4) is 0 Å². The second kappa shape index (κ2) is 7.03. The quantitative estimate of drug-likeness (QED) is 0.635. The molecule has 8 unspecified atom stereocenters. The Balaban J connectivity index is 0.000000117. The van der Waals surface area contributed by atoms with Crippen LogP contribution in [0.3, 0.4) is 0 Å². The zero-order chi connectivity index (χ0) is 17.4. The molecule has 4 aliphatic heterocycles. The maximum Gasteiger partial charge on any atom is 0.312 e. The number of carbonyl (C=O) groups is 2. The van der Waals surface area contributed by atoms with E-state index in [1.807, 2.05) is 27.7 Å². The molecule has 4 bridgehead atoms. The van der Waals surface area contributed by atoms with E-state index >= 15 is 0 Å². The molecule has 5 nitrogen and oxygen atoms in total. The van der Waals surface area contributed by atoms with Crippen LogP contribution in [0.1, 0.15) is 59.8 Å². The topological polar surface area (TPSA) is 61.8 Å². The summed E-state index contributed by atoms with van der Waals surface area (Å²) in [7, 11) is 0. The van der Waals surface area contributed by atoms with Crippen LogP contribution in [0.4, 0.5) is 0 Å². The summed E-state index contributed by atoms with van der Waals surface area (Å²) >= 11 is 0. The van der Waals surface area contributed by atoms with Gasteiger partial charge in [0.25, 0.3) is 0 Å². The highest BCUT2D eigenvalue weighted by atomic mass is 16.6. The minimum Gasteiger partial charge on any atom is -0.462 e. The van der Waals surface area contributed by atoms with Crippen LogP contribution < -0.4 is 0 Å². The van der Waals surface area contributed by atoms with E-state index in [9.17, 15) is 9.59 Å². The third-order valence-electron chi connectivity index (χ3n) is 6.02. The summed E-state index contributed by atoms with van der Waals surface area (Å²) in [5.41, 5.74) is 0. The smallest absolute Gasteiger partial charge is 0.312 e. The second-order valence-corrected chi connectivity index (χ2v) is 7.09. The number of carbonyl (C=O) groups excluding carboxylic acids is 2. The van der Waals surface area contributed by atoms with E-state index in [0.717, 1.165) is 31.6 Å². The first kappa shape index (κ1) is 17.7. The van der Waals surface area contributed by atoms with Crippen LogP contribution in [0.25, 0.3) is 0 Å². The van der Waals surface area contributed by atoms with Gasteiger partial charge in [-0.05, 0) is 31.6 Å². The van der Waals surface area contributed by atoms with Crippen molar-refractivity contribution >= 4 is 11.9 Å². The predicted octanol–water partition coefficient (Wildman–Crippen LogP) is 3.10. The van der Waals surface area contributed by atoms with E-state index < -0.39 is 0 Å². The fraction of sp³-hybridized carbons (Fsp3) is 0.895. The molecule has 0 N–H and O–H groups in total. The fourth-order valence-corrected chi connectivity index (χ4v) is 5.19. The van der Waals surface area contributed by atoms with Gasteiger partial charge in [0, 0.05) is 12.3 Å². The van der Waals surface area contributed by atoms with Gasteiger partial charge in [0.2, 0.25) is 0 Å². The number of rotatable bonds is 0. The van der Waals surface area contributed by atoms with Crippen LogP contribution in [0.5, 0.6) is 0 Å². The average molecular weight is 338 g/mol. The number of ether oxygens (including phenoxy) is 3. The zero-order valence-corrected chi connectivity index (χ0v) is 15.2. The Bertz CT molecular complexity index is 442. The minimum atomic E-state index is -0.0324. The van der Waals surface area contributed by atoms with Crippen molar-refractivity contribution < 1.29 is 23.8 Å². The van der Waals surface area contributed by atoms with Crippen molar-refractivity contribution in [1.29, 1.82) is 0 Å². The van der Waals surface area contributed by atoms with Crippen LogP contribution in [-0.2, 0) is 23.8 Å². The van der Waals surface area contributed by atoms with Crippen molar-refractivity contribution in [2.75, 3.05) is 0 Å². The standard InChI is InChI=1S/C8H10O2.C7H8O3.2C2H6/c9-8-6-2-4-1-5(6)7(3-4)10-8;8-7-4-1-3-2-5(10-7)6(4)9-3;2*1-2/h4-7H,1-3H2;3-6H,1-2H2;2*1-2H3. The number of hydrogen-bond acceptors (Lipinski definition) is 5. The lowest BCUT2D eigenvalue weighted by molar-refractivity contribution is -0.144. The Morgan fingerprint density at radius 1 is 0.750 bits per heavy atom. The Morgan fingerprint density at radius 2 is 1.42 bits per heavy atom. The molecule has 0 aromatic heterocycles. The van der Waals surface area contributed by atoms with Gasteiger partial charge in [-0.2, -0.15) is 0 Å². The summed E-state index contributed by atoms with van der Waals surface area (Å²) in [5, 5.41) is 0. The van der Waals surface area contributed by atoms with Crippen LogP contribution in [-0.4, -0.2) is 36.4 Å². The SMILES string of the molecule is CC.CC.O=C1OC2CC3CC1C2C3.O=C1OC2CC3CC1C2O3. The molecule has 5 heteroatoms. The van der Waals surface area contributed by atoms with Crippen LogP contribution in [0.15, 0.2) is 0 Å². The minimum absolute atomic E-state index is 0.0324. The average Bonchev–Trinajstić information content (AvgIpc) is 3.39. The summed E-state index contributed by atoms with van der Waals surface area (Å²) in [5.74, 6) is 1.90. The number of hydrogen-bond donors (Lipinski definition) is 0. The first-order chi connectivity index (χ1) is 11.7. The van der Waals surface area contributed by atoms with Gasteiger partial charge in [-0.15, -0.1) is 0 Å². The molecule has 136 valence electrons. The molecule has 6 fully saturated rings. The molecule has 4 saturated heterocycles. The van der Waals surface area contributed by atoms with Crippen molar-refractivity contribution in [2.24, 2.45) is 23.7 Å². The third kappa shape index (κ3) is 2.75. The van der Waals surface area contributed by atoms with Crippen molar-refractivity contribution in [3.05, 3.63) is 0 Å². The largest absolute Gasteiger partial charge is 0.462 e. The van der Waals surface area contributed by atoms with Gasteiger partial charge in [0.15, 0.2) is 0 Å². The molecule has 2 saturated carbocycles. The first-order valence-corrected chi connectivity index (χ1v) is 9.75. The normalized spacial score (nSPS) is 47.0. The zero-order valence-electron chi connectivity index (χ0n) is 15.2. The highest BCUT2D eigenvalue weighted by molar-refractivity contribution is 5.77. The van der Waals surface area contributed by atoms with E-state index in [1.54, 1.807) is 0 Å². The van der Waals surface area contributed by atoms with E-state index in [4.69, 9.17) is 14.2 Å². The summed E-state index contributed by atoms with van der Waals surface area (Å²) in [4.78, 5) is 22.1. The Kier molecular flexibility index (Phi) is 5.19. The highest BCUT2D eigenvalue weighted by Crippen LogP contribution is 2.54. The maximum atomic E-state index is 11.1. The van der Waals surface area contributed by atoms with Gasteiger partial charge in [0.1, 0.15) is 18.3 Å². The Morgan fingerprint density at radius 3 is 1.92 bits per heavy atom. The van der Waals surface area contributed by atoms with Crippen LogP contribution >= 0.6 is 0 Å². The molecule has 24 heavy (non-hydrogen) atoms. The molecule has 2 aliphatic carbocycles. The molecular formula is C19H30O5. The summed E-state index contributed by atoms with van der Waals surface area (Å²) < 4.78 is 15.8. The molecule has 4 heterocycles. The van der Waals surface area contributed by atoms with Gasteiger partial charge in [-0.3, -0.25) is 9.59 Å². The lowest BCUT2D eigenvalue weighted by atomic mass is 9.90. The highest BCUT2D eigenvalue weighted by Gasteiger charge is 2.58. The molecule has 6 rings (SSSR count). The molecule has 0 spiro atoms. The second-order valence-electron chi connectivity index (χ2n) is 7.09. The first-order valence-electron chi connectivity index (χ1n) is 9.75. The molecule has 8 atom stereocenters. The van der Waals surface area contributed by atoms with Crippen LogP contribution in [0.2, 0.25) is 0 Å². The number of esters is 2. The van der Waals surface area contributed by atoms with E-state index in [1.165, 1.54) is 6.42 Å². The van der Waals surface area contributed by atoms with Gasteiger partial charge in [0.05, 0.1) is 17.9 Å². The van der Waals surface area contributed by atoms with E-state index in [2.05, 4.69) is 0 Å². The molecule has 0 radical (unpaired) electrons. The summed E-state index contributed by atoms with van der Waals surface area (Å²) in [6.07, 6.45) is 6.28. The number of fused-ring (bicyclic) bond motifs is 2. The maximum absolute atomic E-state index is 11.1. The molecule has 0 aromatic carbocycles. The van der Waals surface area contributed by atoms with Crippen LogP contribution in [0, 0.1) is 23.7 Å². The lowest BCUT2D eigenvalue weighted by Gasteiger charge is -2.11. The van der Waals surface area contributed by atoms with E-state index in [-0.39, 0.29) is 30.1 Å². The molecule has 0 amide bonds. The molecule has 0 aromatic rings. The Labute approximate surface area is 144 Å². The van der Waals surface area contributed by atoms with Crippen molar-refractivity contribution in [2.45, 2.75) is 84.2 Å². The fourth-order valence-electron chi connectivity index (χ4n) is 5.19. The summed E-state index contributed by atoms with van der Waals surface area (Å²) in [6, 6.07) is 0. The Hall–Kier alpha value is -1.10. The third-order valence-corrected chi connectivity index (χ3v) is 6.02. The molecular weight excluding hydrogens is 308 g/mol. The van der Waals surface area contributed by atoms with Gasteiger partial charge >= 0.3 is 11.9 Å². The van der Waals surface area contributed by atoms with Crippen molar-refractivity contribution in [1.82, 2.24) is 0 Å². The predicted molar refractivity (Wildman–Crippen MR) is 88.2 cm³/mol. The van der Waals surface area contributed by atoms with E-state index in [0.29, 0.717) is 24.0 Å². The molecule has 6 aliphatic rings. The van der Waals surface area contributed by atoms with Gasteiger partial charge in [-0.1, -0.05) is 27.7 Å². The lowest BCUT2D eigenvalue weighted by Crippen LogP contribution is -2.22. The monoisotopic (exact) mass is 338 g/mol. The van der Waals surface area contributed by atoms with Crippen molar-refractivity contribution in [3.63, 3.8) is 0 Å².